The van der Waals surface area contributed by atoms with Crippen LogP contribution >= 0.6 is 0 Å². The van der Waals surface area contributed by atoms with Crippen molar-refractivity contribution in [3.63, 3.8) is 0 Å². The lowest BCUT2D eigenvalue weighted by Gasteiger charge is -2.10. The van der Waals surface area contributed by atoms with Gasteiger partial charge in [-0.05, 0) is 61.4 Å². The minimum absolute atomic E-state index is 0.242. The number of nitrogens with one attached hydrogen (secondary N) is 1. The van der Waals surface area contributed by atoms with Gasteiger partial charge in [0.1, 0.15) is 11.6 Å². The Morgan fingerprint density at radius 3 is 2.58 bits per heavy atom. The highest BCUT2D eigenvalue weighted by atomic mass is 16.3. The maximum atomic E-state index is 9.48. The minimum atomic E-state index is 0.242. The average Bonchev–Trinajstić information content (AvgIpc) is 3.05. The fourth-order valence-corrected chi connectivity index (χ4v) is 3.03. The van der Waals surface area contributed by atoms with E-state index in [9.17, 15) is 5.11 Å². The molecular weight excluding hydrogens is 324 g/mol. The second kappa shape index (κ2) is 6.52. The van der Waals surface area contributed by atoms with E-state index in [1.54, 1.807) is 18.3 Å². The van der Waals surface area contributed by atoms with E-state index in [4.69, 9.17) is 0 Å². The predicted octanol–water partition coefficient (Wildman–Crippen LogP) is 4.33. The van der Waals surface area contributed by atoms with E-state index in [-0.39, 0.29) is 5.75 Å². The van der Waals surface area contributed by atoms with Crippen molar-refractivity contribution in [2.24, 2.45) is 0 Å². The Morgan fingerprint density at radius 1 is 1.00 bits per heavy atom. The molecule has 2 aromatic heterocycles. The van der Waals surface area contributed by atoms with Gasteiger partial charge in [0.15, 0.2) is 5.65 Å². The Labute approximate surface area is 152 Å². The van der Waals surface area contributed by atoms with Crippen molar-refractivity contribution in [2.75, 3.05) is 5.32 Å². The zero-order valence-corrected chi connectivity index (χ0v) is 14.8. The molecule has 0 atom stereocenters. The van der Waals surface area contributed by atoms with Crippen LogP contribution in [0.5, 0.6) is 5.75 Å². The first-order chi connectivity index (χ1) is 12.6. The highest BCUT2D eigenvalue weighted by molar-refractivity contribution is 5.64. The Kier molecular flexibility index (Phi) is 4.05. The quantitative estimate of drug-likeness (QED) is 0.578. The molecule has 0 saturated heterocycles. The molecule has 4 aromatic rings. The molecule has 4 rings (SSSR count). The second-order valence-corrected chi connectivity index (χ2v) is 6.46. The zero-order valence-electron chi connectivity index (χ0n) is 14.8. The molecule has 2 aromatic carbocycles. The molecule has 5 nitrogen and oxygen atoms in total. The molecule has 0 amide bonds. The van der Waals surface area contributed by atoms with Crippen LogP contribution in [0, 0.1) is 13.8 Å². The number of hydrogen-bond donors (Lipinski definition) is 2. The summed E-state index contributed by atoms with van der Waals surface area (Å²) >= 11 is 0. The first-order valence-corrected chi connectivity index (χ1v) is 8.54. The van der Waals surface area contributed by atoms with Gasteiger partial charge >= 0.3 is 0 Å². The summed E-state index contributed by atoms with van der Waals surface area (Å²) < 4.78 is 1.82. The van der Waals surface area contributed by atoms with Gasteiger partial charge in [-0.25, -0.2) is 9.50 Å². The van der Waals surface area contributed by atoms with Crippen LogP contribution in [0.3, 0.4) is 0 Å². The lowest BCUT2D eigenvalue weighted by Crippen LogP contribution is -2.05. The van der Waals surface area contributed by atoms with Crippen LogP contribution in [0.25, 0.3) is 16.9 Å². The van der Waals surface area contributed by atoms with Gasteiger partial charge in [0.2, 0.25) is 0 Å². The van der Waals surface area contributed by atoms with E-state index in [2.05, 4.69) is 47.4 Å². The third-order valence-corrected chi connectivity index (χ3v) is 4.48. The molecular formula is C21H20N4O. The summed E-state index contributed by atoms with van der Waals surface area (Å²) in [5.74, 6) is 1.03. The topological polar surface area (TPSA) is 62.5 Å². The van der Waals surface area contributed by atoms with Crippen LogP contribution in [0.2, 0.25) is 0 Å². The van der Waals surface area contributed by atoms with Gasteiger partial charge in [0.05, 0.1) is 11.9 Å². The number of nitrogens with zero attached hydrogens (tertiary/aromatic N) is 3. The number of rotatable bonds is 4. The third-order valence-electron chi connectivity index (χ3n) is 4.48. The van der Waals surface area contributed by atoms with Crippen molar-refractivity contribution in [1.29, 1.82) is 0 Å². The third kappa shape index (κ3) is 3.11. The number of hydrogen-bond acceptors (Lipinski definition) is 4. The minimum Gasteiger partial charge on any atom is -0.508 e. The SMILES string of the molecule is Cc1ccc(CNc2ccc3ncc(-c4ccc(O)cc4)n3n2)c(C)c1. The Morgan fingerprint density at radius 2 is 1.81 bits per heavy atom. The average molecular weight is 344 g/mol. The summed E-state index contributed by atoms with van der Waals surface area (Å²) in [5, 5.41) is 17.5. The van der Waals surface area contributed by atoms with Crippen LogP contribution in [0.1, 0.15) is 16.7 Å². The summed E-state index contributed by atoms with van der Waals surface area (Å²) in [7, 11) is 0. The van der Waals surface area contributed by atoms with Crippen LogP contribution < -0.4 is 5.32 Å². The smallest absolute Gasteiger partial charge is 0.154 e. The van der Waals surface area contributed by atoms with Gasteiger partial charge in [-0.3, -0.25) is 0 Å². The van der Waals surface area contributed by atoms with Crippen molar-refractivity contribution < 1.29 is 5.11 Å². The molecule has 0 spiro atoms. The highest BCUT2D eigenvalue weighted by Gasteiger charge is 2.08. The molecule has 2 heterocycles. The molecule has 0 unspecified atom stereocenters. The molecule has 0 aliphatic carbocycles. The molecule has 0 radical (unpaired) electrons. The molecule has 0 aliphatic rings. The van der Waals surface area contributed by atoms with Gasteiger partial charge in [-0.15, -0.1) is 5.10 Å². The molecule has 130 valence electrons. The van der Waals surface area contributed by atoms with E-state index in [1.807, 2.05) is 28.8 Å². The van der Waals surface area contributed by atoms with E-state index in [0.29, 0.717) is 6.54 Å². The van der Waals surface area contributed by atoms with E-state index in [1.165, 1.54) is 16.7 Å². The summed E-state index contributed by atoms with van der Waals surface area (Å²) in [6, 6.07) is 17.4. The lowest BCUT2D eigenvalue weighted by atomic mass is 10.1. The van der Waals surface area contributed by atoms with Crippen molar-refractivity contribution in [1.82, 2.24) is 14.6 Å². The molecule has 0 fully saturated rings. The number of aromatic hydroxyl groups is 1. The van der Waals surface area contributed by atoms with Crippen LogP contribution in [-0.2, 0) is 6.54 Å². The van der Waals surface area contributed by atoms with E-state index < -0.39 is 0 Å². The number of aromatic nitrogens is 3. The normalized spacial score (nSPS) is 11.0. The number of anilines is 1. The van der Waals surface area contributed by atoms with Gasteiger partial charge in [-0.2, -0.15) is 0 Å². The van der Waals surface area contributed by atoms with Gasteiger partial charge in [0, 0.05) is 12.1 Å². The van der Waals surface area contributed by atoms with Crippen LogP contribution in [0.15, 0.2) is 60.8 Å². The van der Waals surface area contributed by atoms with Crippen molar-refractivity contribution >= 4 is 11.5 Å². The molecule has 2 N–H and O–H groups in total. The van der Waals surface area contributed by atoms with Gasteiger partial charge in [-0.1, -0.05) is 23.8 Å². The maximum Gasteiger partial charge on any atom is 0.154 e. The molecule has 5 heteroatoms. The molecule has 0 saturated carbocycles. The largest absolute Gasteiger partial charge is 0.508 e. The summed E-state index contributed by atoms with van der Waals surface area (Å²) in [6.07, 6.45) is 1.79. The number of phenols is 1. The first kappa shape index (κ1) is 16.1. The Hall–Kier alpha value is -3.34. The molecule has 0 aliphatic heterocycles. The summed E-state index contributed by atoms with van der Waals surface area (Å²) in [4.78, 5) is 4.41. The number of imidazole rings is 1. The number of benzene rings is 2. The number of fused-ring (bicyclic) bond motifs is 1. The standard InChI is InChI=1S/C21H20N4O/c1-14-3-4-17(15(2)11-14)12-22-20-9-10-21-23-13-19(25(21)24-20)16-5-7-18(26)8-6-16/h3-11,13,26H,12H2,1-2H3,(H,22,24). The van der Waals surface area contributed by atoms with Crippen molar-refractivity contribution in [2.45, 2.75) is 20.4 Å². The van der Waals surface area contributed by atoms with Crippen molar-refractivity contribution in [3.8, 4) is 17.0 Å². The number of phenolic OH excluding ortho intramolecular Hbond substituents is 1. The molecule has 26 heavy (non-hydrogen) atoms. The predicted molar refractivity (Wildman–Crippen MR) is 103 cm³/mol. The van der Waals surface area contributed by atoms with Gasteiger partial charge in [0.25, 0.3) is 0 Å². The van der Waals surface area contributed by atoms with E-state index in [0.717, 1.165) is 22.7 Å². The van der Waals surface area contributed by atoms with Crippen molar-refractivity contribution in [3.05, 3.63) is 77.5 Å². The second-order valence-electron chi connectivity index (χ2n) is 6.46. The van der Waals surface area contributed by atoms with Crippen LogP contribution in [-0.4, -0.2) is 19.7 Å². The zero-order chi connectivity index (χ0) is 18.1. The fourth-order valence-electron chi connectivity index (χ4n) is 3.03. The fraction of sp³-hybridized carbons (Fsp3) is 0.143. The van der Waals surface area contributed by atoms with Gasteiger partial charge < -0.3 is 10.4 Å². The lowest BCUT2D eigenvalue weighted by molar-refractivity contribution is 0.475. The number of aryl methyl sites for hydroxylation is 2. The highest BCUT2D eigenvalue weighted by Crippen LogP contribution is 2.23. The summed E-state index contributed by atoms with van der Waals surface area (Å²) in [5.41, 5.74) is 6.41. The Balaban J connectivity index is 1.62. The Bertz CT molecular complexity index is 1070. The van der Waals surface area contributed by atoms with E-state index >= 15 is 0 Å². The summed E-state index contributed by atoms with van der Waals surface area (Å²) in [6.45, 7) is 4.94. The monoisotopic (exact) mass is 344 g/mol. The molecule has 0 bridgehead atoms. The van der Waals surface area contributed by atoms with Crippen LogP contribution in [0.4, 0.5) is 5.82 Å². The first-order valence-electron chi connectivity index (χ1n) is 8.54. The maximum absolute atomic E-state index is 9.48.